The summed E-state index contributed by atoms with van der Waals surface area (Å²) in [5.74, 6) is 0. The fourth-order valence-corrected chi connectivity index (χ4v) is 1.52. The fraction of sp³-hybridized carbons (Fsp3) is 0.111. The standard InChI is InChI=1S/C10H8.C6H6.2CH5N/c1-2-6-10-8-4-3-7-9(10)5-1;1-2-4-6-5-3-1;2*1-2/h1-8H;1-6H;2*2H2,1H3. The van der Waals surface area contributed by atoms with E-state index in [1.807, 2.05) is 36.4 Å². The summed E-state index contributed by atoms with van der Waals surface area (Å²) >= 11 is 0. The highest BCUT2D eigenvalue weighted by molar-refractivity contribution is 5.81. The Bertz CT molecular complexity index is 444. The average molecular weight is 268 g/mol. The van der Waals surface area contributed by atoms with Crippen LogP contribution in [0.1, 0.15) is 0 Å². The van der Waals surface area contributed by atoms with E-state index in [0.29, 0.717) is 0 Å². The Morgan fingerprint density at radius 3 is 0.800 bits per heavy atom. The second-order valence-corrected chi connectivity index (χ2v) is 3.50. The van der Waals surface area contributed by atoms with Gasteiger partial charge in [-0.25, -0.2) is 0 Å². The number of hydrogen-bond acceptors (Lipinski definition) is 2. The molecular weight excluding hydrogens is 244 g/mol. The van der Waals surface area contributed by atoms with E-state index in [2.05, 4.69) is 60.0 Å². The monoisotopic (exact) mass is 268 g/mol. The minimum atomic E-state index is 1.31. The molecule has 4 N–H and O–H groups in total. The molecule has 106 valence electrons. The number of benzene rings is 3. The Kier molecular flexibility index (Phi) is 11.8. The Labute approximate surface area is 122 Å². The zero-order valence-corrected chi connectivity index (χ0v) is 12.2. The predicted octanol–water partition coefficient (Wildman–Crippen LogP) is 3.68. The minimum Gasteiger partial charge on any atom is -0.333 e. The van der Waals surface area contributed by atoms with Crippen molar-refractivity contribution in [1.82, 2.24) is 0 Å². The molecule has 0 radical (unpaired) electrons. The van der Waals surface area contributed by atoms with Gasteiger partial charge in [-0.15, -0.1) is 0 Å². The van der Waals surface area contributed by atoms with Crippen molar-refractivity contribution in [3.05, 3.63) is 84.9 Å². The summed E-state index contributed by atoms with van der Waals surface area (Å²) in [5, 5.41) is 2.62. The van der Waals surface area contributed by atoms with Crippen LogP contribution in [0.25, 0.3) is 10.8 Å². The van der Waals surface area contributed by atoms with E-state index in [1.165, 1.54) is 24.9 Å². The van der Waals surface area contributed by atoms with Gasteiger partial charge in [-0.1, -0.05) is 84.9 Å². The highest BCUT2D eigenvalue weighted by atomic mass is 14.4. The molecule has 20 heavy (non-hydrogen) atoms. The number of rotatable bonds is 0. The SMILES string of the molecule is CN.CN.c1ccc2ccccc2c1.c1ccccc1. The molecule has 0 aromatic heterocycles. The first-order valence-corrected chi connectivity index (χ1v) is 6.56. The topological polar surface area (TPSA) is 52.0 Å². The molecule has 0 saturated carbocycles. The van der Waals surface area contributed by atoms with Crippen LogP contribution >= 0.6 is 0 Å². The normalized spacial score (nSPS) is 8.00. The Morgan fingerprint density at radius 1 is 0.400 bits per heavy atom. The van der Waals surface area contributed by atoms with Gasteiger partial charge in [0.2, 0.25) is 0 Å². The van der Waals surface area contributed by atoms with Gasteiger partial charge < -0.3 is 11.5 Å². The van der Waals surface area contributed by atoms with E-state index in [-0.39, 0.29) is 0 Å². The van der Waals surface area contributed by atoms with Gasteiger partial charge in [-0.05, 0) is 24.9 Å². The second kappa shape index (κ2) is 13.3. The van der Waals surface area contributed by atoms with Crippen LogP contribution in [0.2, 0.25) is 0 Å². The first-order valence-electron chi connectivity index (χ1n) is 6.56. The van der Waals surface area contributed by atoms with Crippen molar-refractivity contribution in [2.24, 2.45) is 11.5 Å². The molecule has 0 aliphatic rings. The predicted molar refractivity (Wildman–Crippen MR) is 90.6 cm³/mol. The Hall–Kier alpha value is -2.16. The lowest BCUT2D eigenvalue weighted by Crippen LogP contribution is -1.69. The highest BCUT2D eigenvalue weighted by Crippen LogP contribution is 2.11. The van der Waals surface area contributed by atoms with Crippen LogP contribution in [0.4, 0.5) is 0 Å². The van der Waals surface area contributed by atoms with Crippen molar-refractivity contribution >= 4 is 10.8 Å². The summed E-state index contributed by atoms with van der Waals surface area (Å²) in [6.07, 6.45) is 0. The smallest absolute Gasteiger partial charge is 0.0184 e. The maximum atomic E-state index is 4.50. The Morgan fingerprint density at radius 2 is 0.600 bits per heavy atom. The lowest BCUT2D eigenvalue weighted by molar-refractivity contribution is 1.48. The third-order valence-electron chi connectivity index (χ3n) is 2.33. The molecule has 2 nitrogen and oxygen atoms in total. The Balaban J connectivity index is 0.000000312. The van der Waals surface area contributed by atoms with Crippen LogP contribution in [-0.2, 0) is 0 Å². The molecule has 3 aromatic carbocycles. The lowest BCUT2D eigenvalue weighted by atomic mass is 10.1. The summed E-state index contributed by atoms with van der Waals surface area (Å²) in [5.41, 5.74) is 9.00. The molecule has 0 saturated heterocycles. The summed E-state index contributed by atoms with van der Waals surface area (Å²) in [6.45, 7) is 0. The minimum absolute atomic E-state index is 1.31. The zero-order chi connectivity index (χ0) is 15.1. The summed E-state index contributed by atoms with van der Waals surface area (Å²) in [4.78, 5) is 0. The third kappa shape index (κ3) is 7.31. The van der Waals surface area contributed by atoms with E-state index in [1.54, 1.807) is 0 Å². The molecule has 0 heterocycles. The van der Waals surface area contributed by atoms with E-state index < -0.39 is 0 Å². The van der Waals surface area contributed by atoms with Gasteiger partial charge in [0.15, 0.2) is 0 Å². The van der Waals surface area contributed by atoms with Crippen molar-refractivity contribution in [3.63, 3.8) is 0 Å². The second-order valence-electron chi connectivity index (χ2n) is 3.50. The molecule has 0 atom stereocenters. The van der Waals surface area contributed by atoms with Crippen LogP contribution < -0.4 is 11.5 Å². The first kappa shape index (κ1) is 17.8. The quantitative estimate of drug-likeness (QED) is 0.653. The largest absolute Gasteiger partial charge is 0.333 e. The summed E-state index contributed by atoms with van der Waals surface area (Å²) in [7, 11) is 3.00. The van der Waals surface area contributed by atoms with E-state index >= 15 is 0 Å². The van der Waals surface area contributed by atoms with Crippen LogP contribution in [0.15, 0.2) is 84.9 Å². The molecule has 0 fully saturated rings. The van der Waals surface area contributed by atoms with Gasteiger partial charge in [0, 0.05) is 0 Å². The van der Waals surface area contributed by atoms with E-state index in [9.17, 15) is 0 Å². The van der Waals surface area contributed by atoms with Crippen molar-refractivity contribution in [1.29, 1.82) is 0 Å². The molecule has 0 aliphatic heterocycles. The number of nitrogens with two attached hydrogens (primary N) is 2. The average Bonchev–Trinajstić information content (AvgIpc) is 2.61. The van der Waals surface area contributed by atoms with Crippen molar-refractivity contribution < 1.29 is 0 Å². The van der Waals surface area contributed by atoms with Gasteiger partial charge in [-0.2, -0.15) is 0 Å². The number of fused-ring (bicyclic) bond motifs is 1. The molecule has 0 amide bonds. The molecule has 3 aromatic rings. The van der Waals surface area contributed by atoms with E-state index in [0.717, 1.165) is 0 Å². The third-order valence-corrected chi connectivity index (χ3v) is 2.33. The fourth-order valence-electron chi connectivity index (χ4n) is 1.52. The van der Waals surface area contributed by atoms with Gasteiger partial charge in [0.1, 0.15) is 0 Å². The van der Waals surface area contributed by atoms with Crippen LogP contribution in [0, 0.1) is 0 Å². The van der Waals surface area contributed by atoms with Crippen molar-refractivity contribution in [2.45, 2.75) is 0 Å². The molecule has 0 aliphatic carbocycles. The highest BCUT2D eigenvalue weighted by Gasteiger charge is 1.85. The van der Waals surface area contributed by atoms with E-state index in [4.69, 9.17) is 0 Å². The van der Waals surface area contributed by atoms with Crippen LogP contribution in [0.3, 0.4) is 0 Å². The summed E-state index contributed by atoms with van der Waals surface area (Å²) in [6, 6.07) is 28.7. The lowest BCUT2D eigenvalue weighted by Gasteiger charge is -1.92. The zero-order valence-electron chi connectivity index (χ0n) is 12.2. The van der Waals surface area contributed by atoms with Gasteiger partial charge in [-0.3, -0.25) is 0 Å². The molecule has 0 unspecified atom stereocenters. The van der Waals surface area contributed by atoms with Crippen LogP contribution in [-0.4, -0.2) is 14.1 Å². The van der Waals surface area contributed by atoms with Gasteiger partial charge >= 0.3 is 0 Å². The molecule has 0 spiro atoms. The van der Waals surface area contributed by atoms with Gasteiger partial charge in [0.05, 0.1) is 0 Å². The molecular formula is C18H24N2. The first-order chi connectivity index (χ1) is 9.97. The van der Waals surface area contributed by atoms with Crippen molar-refractivity contribution in [3.8, 4) is 0 Å². The maximum absolute atomic E-state index is 4.50. The van der Waals surface area contributed by atoms with Crippen LogP contribution in [0.5, 0.6) is 0 Å². The van der Waals surface area contributed by atoms with Gasteiger partial charge in [0.25, 0.3) is 0 Å². The number of hydrogen-bond donors (Lipinski definition) is 2. The summed E-state index contributed by atoms with van der Waals surface area (Å²) < 4.78 is 0. The maximum Gasteiger partial charge on any atom is -0.0184 e. The molecule has 0 bridgehead atoms. The van der Waals surface area contributed by atoms with Crippen molar-refractivity contribution in [2.75, 3.05) is 14.1 Å². The molecule has 2 heteroatoms. The molecule has 3 rings (SSSR count).